The standard InChI is InChI=1S/C17H25N3O2.ClH/c1-12(2)10-15(18)17(22)19-11-13-5-7-14(8-6-13)20-9-3-4-16(20)21;/h5-8,12,15H,3-4,9-11,18H2,1-2H3,(H,19,22);1H/t15-;/m0./s1. The molecule has 0 radical (unpaired) electrons. The summed E-state index contributed by atoms with van der Waals surface area (Å²) in [6.07, 6.45) is 2.23. The number of nitrogens with one attached hydrogen (secondary N) is 1. The average molecular weight is 340 g/mol. The summed E-state index contributed by atoms with van der Waals surface area (Å²) in [5.74, 6) is 0.464. The van der Waals surface area contributed by atoms with E-state index < -0.39 is 6.04 Å². The fourth-order valence-electron chi connectivity index (χ4n) is 2.65. The van der Waals surface area contributed by atoms with E-state index in [9.17, 15) is 9.59 Å². The molecule has 1 fully saturated rings. The molecule has 0 bridgehead atoms. The molecule has 1 heterocycles. The first-order valence-electron chi connectivity index (χ1n) is 7.90. The van der Waals surface area contributed by atoms with Crippen molar-refractivity contribution in [2.24, 2.45) is 11.7 Å². The molecule has 1 aromatic rings. The second kappa shape index (κ2) is 8.89. The van der Waals surface area contributed by atoms with Crippen molar-refractivity contribution in [1.29, 1.82) is 0 Å². The fourth-order valence-corrected chi connectivity index (χ4v) is 2.65. The summed E-state index contributed by atoms with van der Waals surface area (Å²) in [6, 6.07) is 7.28. The monoisotopic (exact) mass is 339 g/mol. The number of hydrogen-bond acceptors (Lipinski definition) is 3. The maximum absolute atomic E-state index is 11.9. The first-order valence-corrected chi connectivity index (χ1v) is 7.90. The lowest BCUT2D eigenvalue weighted by atomic mass is 10.0. The van der Waals surface area contributed by atoms with Crippen molar-refractivity contribution < 1.29 is 9.59 Å². The van der Waals surface area contributed by atoms with E-state index in [2.05, 4.69) is 5.32 Å². The Labute approximate surface area is 144 Å². The lowest BCUT2D eigenvalue weighted by Gasteiger charge is -2.17. The van der Waals surface area contributed by atoms with Gasteiger partial charge in [0.1, 0.15) is 0 Å². The van der Waals surface area contributed by atoms with Crippen molar-refractivity contribution in [3.8, 4) is 0 Å². The highest BCUT2D eigenvalue weighted by Gasteiger charge is 2.21. The smallest absolute Gasteiger partial charge is 0.237 e. The fraction of sp³-hybridized carbons (Fsp3) is 0.529. The number of nitrogens with two attached hydrogens (primary N) is 1. The first kappa shape index (κ1) is 19.5. The Hall–Kier alpha value is -1.59. The zero-order chi connectivity index (χ0) is 16.1. The van der Waals surface area contributed by atoms with Crippen molar-refractivity contribution in [3.05, 3.63) is 29.8 Å². The zero-order valence-electron chi connectivity index (χ0n) is 13.7. The van der Waals surface area contributed by atoms with Crippen LogP contribution in [0.1, 0.15) is 38.7 Å². The normalized spacial score (nSPS) is 15.5. The molecule has 3 N–H and O–H groups in total. The number of hydrogen-bond donors (Lipinski definition) is 2. The van der Waals surface area contributed by atoms with Gasteiger partial charge in [-0.15, -0.1) is 12.4 Å². The van der Waals surface area contributed by atoms with Gasteiger partial charge in [-0.2, -0.15) is 0 Å². The molecular formula is C17H26ClN3O2. The molecule has 0 spiro atoms. The second-order valence-electron chi connectivity index (χ2n) is 6.27. The minimum absolute atomic E-state index is 0. The van der Waals surface area contributed by atoms with E-state index in [4.69, 9.17) is 5.73 Å². The molecule has 1 saturated heterocycles. The van der Waals surface area contributed by atoms with Gasteiger partial charge in [0.05, 0.1) is 6.04 Å². The summed E-state index contributed by atoms with van der Waals surface area (Å²) < 4.78 is 0. The van der Waals surface area contributed by atoms with Crippen LogP contribution in [0.2, 0.25) is 0 Å². The number of carbonyl (C=O) groups excluding carboxylic acids is 2. The number of carbonyl (C=O) groups is 2. The third-order valence-corrected chi connectivity index (χ3v) is 3.85. The van der Waals surface area contributed by atoms with Crippen molar-refractivity contribution in [3.63, 3.8) is 0 Å². The molecule has 0 saturated carbocycles. The minimum Gasteiger partial charge on any atom is -0.351 e. The maximum atomic E-state index is 11.9. The van der Waals surface area contributed by atoms with Gasteiger partial charge >= 0.3 is 0 Å². The molecule has 23 heavy (non-hydrogen) atoms. The van der Waals surface area contributed by atoms with Crippen molar-refractivity contribution >= 4 is 29.9 Å². The summed E-state index contributed by atoms with van der Waals surface area (Å²) >= 11 is 0. The third kappa shape index (κ3) is 5.52. The molecule has 1 aromatic carbocycles. The average Bonchev–Trinajstić information content (AvgIpc) is 2.90. The summed E-state index contributed by atoms with van der Waals surface area (Å²) in [7, 11) is 0. The molecule has 0 unspecified atom stereocenters. The van der Waals surface area contributed by atoms with Crippen LogP contribution in [0.4, 0.5) is 5.69 Å². The molecule has 1 aliphatic heterocycles. The van der Waals surface area contributed by atoms with Crippen LogP contribution in [0.15, 0.2) is 24.3 Å². The van der Waals surface area contributed by atoms with Gasteiger partial charge in [-0.25, -0.2) is 0 Å². The van der Waals surface area contributed by atoms with Gasteiger partial charge in [0.25, 0.3) is 0 Å². The van der Waals surface area contributed by atoms with Crippen LogP contribution < -0.4 is 16.0 Å². The quantitative estimate of drug-likeness (QED) is 0.834. The van der Waals surface area contributed by atoms with Gasteiger partial charge in [-0.1, -0.05) is 26.0 Å². The Morgan fingerprint density at radius 3 is 2.48 bits per heavy atom. The van der Waals surface area contributed by atoms with Crippen LogP contribution >= 0.6 is 12.4 Å². The number of rotatable bonds is 6. The Morgan fingerprint density at radius 1 is 1.30 bits per heavy atom. The van der Waals surface area contributed by atoms with Crippen LogP contribution in [0.25, 0.3) is 0 Å². The summed E-state index contributed by atoms with van der Waals surface area (Å²) in [4.78, 5) is 25.4. The highest BCUT2D eigenvalue weighted by molar-refractivity contribution is 5.95. The zero-order valence-corrected chi connectivity index (χ0v) is 14.6. The molecule has 6 heteroatoms. The summed E-state index contributed by atoms with van der Waals surface area (Å²) in [5.41, 5.74) is 7.77. The second-order valence-corrected chi connectivity index (χ2v) is 6.27. The van der Waals surface area contributed by atoms with E-state index >= 15 is 0 Å². The number of amides is 2. The molecule has 0 aliphatic carbocycles. The summed E-state index contributed by atoms with van der Waals surface area (Å²) in [5, 5.41) is 2.86. The lowest BCUT2D eigenvalue weighted by molar-refractivity contribution is -0.122. The number of halogens is 1. The Bertz CT molecular complexity index is 531. The van der Waals surface area contributed by atoms with Crippen LogP contribution in [0, 0.1) is 5.92 Å². The van der Waals surface area contributed by atoms with Crippen molar-refractivity contribution in [2.45, 2.75) is 45.7 Å². The highest BCUT2D eigenvalue weighted by atomic mass is 35.5. The van der Waals surface area contributed by atoms with E-state index in [1.165, 1.54) is 0 Å². The Morgan fingerprint density at radius 2 is 1.96 bits per heavy atom. The Balaban J connectivity index is 0.00000264. The van der Waals surface area contributed by atoms with Gasteiger partial charge in [0.2, 0.25) is 11.8 Å². The number of nitrogens with zero attached hydrogens (tertiary/aromatic N) is 1. The minimum atomic E-state index is -0.457. The van der Waals surface area contributed by atoms with E-state index in [0.29, 0.717) is 25.3 Å². The number of benzene rings is 1. The molecule has 128 valence electrons. The molecule has 0 aromatic heterocycles. The van der Waals surface area contributed by atoms with Crippen LogP contribution in [-0.4, -0.2) is 24.4 Å². The predicted octanol–water partition coefficient (Wildman–Crippen LogP) is 2.22. The largest absolute Gasteiger partial charge is 0.351 e. The van der Waals surface area contributed by atoms with Crippen molar-refractivity contribution in [1.82, 2.24) is 5.32 Å². The first-order chi connectivity index (χ1) is 10.5. The van der Waals surface area contributed by atoms with Gasteiger partial charge in [-0.3, -0.25) is 9.59 Å². The summed E-state index contributed by atoms with van der Waals surface area (Å²) in [6.45, 7) is 5.34. The molecule has 1 atom stereocenters. The molecule has 1 aliphatic rings. The van der Waals surface area contributed by atoms with Gasteiger partial charge in [-0.05, 0) is 36.5 Å². The number of anilines is 1. The van der Waals surface area contributed by atoms with Crippen molar-refractivity contribution in [2.75, 3.05) is 11.4 Å². The Kier molecular flexibility index (Phi) is 7.52. The van der Waals surface area contributed by atoms with Gasteiger partial charge < -0.3 is 16.0 Å². The third-order valence-electron chi connectivity index (χ3n) is 3.85. The molecule has 5 nitrogen and oxygen atoms in total. The lowest BCUT2D eigenvalue weighted by Crippen LogP contribution is -2.41. The van der Waals surface area contributed by atoms with E-state index in [0.717, 1.165) is 24.2 Å². The topological polar surface area (TPSA) is 75.4 Å². The van der Waals surface area contributed by atoms with Crippen LogP contribution in [0.3, 0.4) is 0 Å². The van der Waals surface area contributed by atoms with Crippen LogP contribution in [0.5, 0.6) is 0 Å². The highest BCUT2D eigenvalue weighted by Crippen LogP contribution is 2.21. The molecule has 2 rings (SSSR count). The van der Waals surface area contributed by atoms with E-state index in [-0.39, 0.29) is 24.2 Å². The maximum Gasteiger partial charge on any atom is 0.237 e. The van der Waals surface area contributed by atoms with Gasteiger partial charge in [0, 0.05) is 25.2 Å². The van der Waals surface area contributed by atoms with E-state index in [1.807, 2.05) is 38.1 Å². The molecular weight excluding hydrogens is 314 g/mol. The molecule has 2 amide bonds. The van der Waals surface area contributed by atoms with Gasteiger partial charge in [0.15, 0.2) is 0 Å². The van der Waals surface area contributed by atoms with Crippen LogP contribution in [-0.2, 0) is 16.1 Å². The predicted molar refractivity (Wildman–Crippen MR) is 94.6 cm³/mol. The van der Waals surface area contributed by atoms with E-state index in [1.54, 1.807) is 4.90 Å². The SMILES string of the molecule is CC(C)C[C@H](N)C(=O)NCc1ccc(N2CCCC2=O)cc1.Cl.